The third kappa shape index (κ3) is 4.84. The van der Waals surface area contributed by atoms with Crippen LogP contribution in [0, 0.1) is 0 Å². The lowest BCUT2D eigenvalue weighted by molar-refractivity contribution is 0.682. The first-order valence-corrected chi connectivity index (χ1v) is 13.2. The molecular formula is C30H22O2S2. The molecule has 0 aliphatic heterocycles. The maximum absolute atomic E-state index is 12.8. The smallest absolute Gasteiger partial charge is 0.0849 e. The highest BCUT2D eigenvalue weighted by atomic mass is 32.2. The first kappa shape index (κ1) is 22.2. The van der Waals surface area contributed by atoms with Gasteiger partial charge >= 0.3 is 0 Å². The SMILES string of the molecule is O=S(c1ccccc1)c1ccc(-c2cccc(-c3ccc(S(=O)c4ccccc4)cc3)c2)cc1. The second kappa shape index (κ2) is 10.1. The van der Waals surface area contributed by atoms with E-state index >= 15 is 0 Å². The molecule has 2 nitrogen and oxygen atoms in total. The normalized spacial score (nSPS) is 12.7. The monoisotopic (exact) mass is 478 g/mol. The van der Waals surface area contributed by atoms with Crippen molar-refractivity contribution in [1.82, 2.24) is 0 Å². The van der Waals surface area contributed by atoms with Crippen LogP contribution in [0.25, 0.3) is 22.3 Å². The summed E-state index contributed by atoms with van der Waals surface area (Å²) in [5, 5.41) is 0. The van der Waals surface area contributed by atoms with Crippen LogP contribution in [0.5, 0.6) is 0 Å². The van der Waals surface area contributed by atoms with Gasteiger partial charge in [-0.2, -0.15) is 0 Å². The molecular weight excluding hydrogens is 456 g/mol. The van der Waals surface area contributed by atoms with E-state index in [9.17, 15) is 8.42 Å². The molecule has 0 fully saturated rings. The van der Waals surface area contributed by atoms with Gasteiger partial charge in [0.05, 0.1) is 21.6 Å². The zero-order valence-corrected chi connectivity index (χ0v) is 20.0. The van der Waals surface area contributed by atoms with Crippen LogP contribution in [0.3, 0.4) is 0 Å². The largest absolute Gasteiger partial charge is 0.249 e. The van der Waals surface area contributed by atoms with E-state index in [-0.39, 0.29) is 0 Å². The van der Waals surface area contributed by atoms with Crippen molar-refractivity contribution in [3.63, 3.8) is 0 Å². The van der Waals surface area contributed by atoms with E-state index in [0.29, 0.717) is 0 Å². The summed E-state index contributed by atoms with van der Waals surface area (Å²) in [6.45, 7) is 0. The molecule has 5 aromatic rings. The van der Waals surface area contributed by atoms with Crippen molar-refractivity contribution in [2.45, 2.75) is 19.6 Å². The van der Waals surface area contributed by atoms with Gasteiger partial charge in [-0.3, -0.25) is 0 Å². The van der Waals surface area contributed by atoms with Crippen molar-refractivity contribution in [2.24, 2.45) is 0 Å². The molecule has 5 aromatic carbocycles. The van der Waals surface area contributed by atoms with E-state index in [1.54, 1.807) is 0 Å². The summed E-state index contributed by atoms with van der Waals surface area (Å²) in [7, 11) is -2.38. The molecule has 0 bridgehead atoms. The summed E-state index contributed by atoms with van der Waals surface area (Å²) in [6, 6.07) is 43.1. The molecule has 166 valence electrons. The van der Waals surface area contributed by atoms with Gasteiger partial charge < -0.3 is 0 Å². The van der Waals surface area contributed by atoms with Crippen LogP contribution in [-0.2, 0) is 21.6 Å². The molecule has 0 radical (unpaired) electrons. The Hall–Kier alpha value is -3.60. The highest BCUT2D eigenvalue weighted by Crippen LogP contribution is 2.29. The molecule has 0 aromatic heterocycles. The molecule has 0 saturated heterocycles. The highest BCUT2D eigenvalue weighted by molar-refractivity contribution is 7.85. The minimum absolute atomic E-state index is 0.785. The highest BCUT2D eigenvalue weighted by Gasteiger charge is 2.09. The van der Waals surface area contributed by atoms with E-state index in [4.69, 9.17) is 0 Å². The molecule has 5 rings (SSSR count). The summed E-state index contributed by atoms with van der Waals surface area (Å²) in [5.41, 5.74) is 4.31. The second-order valence-electron chi connectivity index (χ2n) is 7.79. The lowest BCUT2D eigenvalue weighted by Crippen LogP contribution is -1.92. The first-order valence-electron chi connectivity index (χ1n) is 10.9. The van der Waals surface area contributed by atoms with Crippen LogP contribution in [0.15, 0.2) is 153 Å². The molecule has 0 heterocycles. The average Bonchev–Trinajstić information content (AvgIpc) is 2.93. The Balaban J connectivity index is 1.36. The minimum Gasteiger partial charge on any atom is -0.249 e. The van der Waals surface area contributed by atoms with Crippen molar-refractivity contribution in [3.05, 3.63) is 133 Å². The maximum Gasteiger partial charge on any atom is 0.0849 e. The summed E-state index contributed by atoms with van der Waals surface area (Å²) in [4.78, 5) is 3.17. The Morgan fingerprint density at radius 3 is 1.06 bits per heavy atom. The number of hydrogen-bond donors (Lipinski definition) is 0. The van der Waals surface area contributed by atoms with Crippen molar-refractivity contribution < 1.29 is 8.42 Å². The van der Waals surface area contributed by atoms with Gasteiger partial charge in [-0.05, 0) is 76.9 Å². The quantitative estimate of drug-likeness (QED) is 0.256. The van der Waals surface area contributed by atoms with Gasteiger partial charge in [0.25, 0.3) is 0 Å². The lowest BCUT2D eigenvalue weighted by atomic mass is 9.99. The van der Waals surface area contributed by atoms with E-state index < -0.39 is 21.6 Å². The molecule has 0 aliphatic carbocycles. The van der Waals surface area contributed by atoms with Crippen molar-refractivity contribution in [2.75, 3.05) is 0 Å². The first-order chi connectivity index (χ1) is 16.7. The molecule has 0 aliphatic rings. The third-order valence-corrected chi connectivity index (χ3v) is 8.38. The van der Waals surface area contributed by atoms with E-state index in [2.05, 4.69) is 18.2 Å². The summed E-state index contributed by atoms with van der Waals surface area (Å²) < 4.78 is 25.6. The zero-order chi connectivity index (χ0) is 23.3. The van der Waals surface area contributed by atoms with Gasteiger partial charge in [-0.15, -0.1) is 0 Å². The fourth-order valence-corrected chi connectivity index (χ4v) is 5.90. The molecule has 0 spiro atoms. The average molecular weight is 479 g/mol. The van der Waals surface area contributed by atoms with Gasteiger partial charge in [-0.25, -0.2) is 8.42 Å². The van der Waals surface area contributed by atoms with Gasteiger partial charge in [0, 0.05) is 19.6 Å². The predicted molar refractivity (Wildman–Crippen MR) is 140 cm³/mol. The van der Waals surface area contributed by atoms with Gasteiger partial charge in [-0.1, -0.05) is 78.9 Å². The van der Waals surface area contributed by atoms with Crippen molar-refractivity contribution in [1.29, 1.82) is 0 Å². The Labute approximate surface area is 204 Å². The third-order valence-electron chi connectivity index (χ3n) is 5.58. The van der Waals surface area contributed by atoms with Crippen LogP contribution in [0.1, 0.15) is 0 Å². The standard InChI is InChI=1S/C30H22O2S2/c31-33(27-10-3-1-4-11-27)29-18-14-23(15-19-29)25-8-7-9-26(22-25)24-16-20-30(21-17-24)34(32)28-12-5-2-6-13-28/h1-22H. The molecule has 2 unspecified atom stereocenters. The summed E-state index contributed by atoms with van der Waals surface area (Å²) >= 11 is 0. The molecule has 0 amide bonds. The van der Waals surface area contributed by atoms with Crippen LogP contribution >= 0.6 is 0 Å². The van der Waals surface area contributed by atoms with Crippen LogP contribution in [0.4, 0.5) is 0 Å². The fourth-order valence-electron chi connectivity index (χ4n) is 3.78. The summed E-state index contributed by atoms with van der Waals surface area (Å²) in [5.74, 6) is 0. The van der Waals surface area contributed by atoms with Crippen molar-refractivity contribution in [3.8, 4) is 22.3 Å². The van der Waals surface area contributed by atoms with E-state index in [0.717, 1.165) is 41.8 Å². The Morgan fingerprint density at radius 1 is 0.324 bits per heavy atom. The minimum atomic E-state index is -1.19. The molecule has 0 saturated carbocycles. The number of benzene rings is 5. The molecule has 2 atom stereocenters. The van der Waals surface area contributed by atoms with Gasteiger partial charge in [0.1, 0.15) is 0 Å². The number of rotatable bonds is 6. The topological polar surface area (TPSA) is 34.1 Å². The number of hydrogen-bond acceptors (Lipinski definition) is 2. The van der Waals surface area contributed by atoms with Crippen molar-refractivity contribution >= 4 is 21.6 Å². The predicted octanol–water partition coefficient (Wildman–Crippen LogP) is 7.35. The maximum atomic E-state index is 12.8. The molecule has 0 N–H and O–H groups in total. The van der Waals surface area contributed by atoms with Gasteiger partial charge in [0.15, 0.2) is 0 Å². The van der Waals surface area contributed by atoms with Crippen LogP contribution < -0.4 is 0 Å². The summed E-state index contributed by atoms with van der Waals surface area (Å²) in [6.07, 6.45) is 0. The lowest BCUT2D eigenvalue weighted by Gasteiger charge is -2.09. The fraction of sp³-hybridized carbons (Fsp3) is 0. The Morgan fingerprint density at radius 2 is 0.676 bits per heavy atom. The molecule has 34 heavy (non-hydrogen) atoms. The Kier molecular flexibility index (Phi) is 6.61. The second-order valence-corrected chi connectivity index (χ2v) is 10.8. The van der Waals surface area contributed by atoms with E-state index in [1.165, 1.54) is 0 Å². The molecule has 4 heteroatoms. The van der Waals surface area contributed by atoms with Crippen LogP contribution in [0.2, 0.25) is 0 Å². The van der Waals surface area contributed by atoms with Gasteiger partial charge in [0.2, 0.25) is 0 Å². The van der Waals surface area contributed by atoms with E-state index in [1.807, 2.05) is 115 Å². The van der Waals surface area contributed by atoms with Crippen LogP contribution in [-0.4, -0.2) is 8.42 Å². The Bertz CT molecular complexity index is 1330. The zero-order valence-electron chi connectivity index (χ0n) is 18.3.